The van der Waals surface area contributed by atoms with Gasteiger partial charge in [-0.3, -0.25) is 0 Å². The molecule has 0 aliphatic carbocycles. The van der Waals surface area contributed by atoms with Crippen molar-refractivity contribution in [2.24, 2.45) is 0 Å². The molecular weight excluding hydrogens is 370 g/mol. The summed E-state index contributed by atoms with van der Waals surface area (Å²) in [6, 6.07) is 7.52. The third-order valence-electron chi connectivity index (χ3n) is 2.23. The lowest BCUT2D eigenvalue weighted by atomic mass is 10.4. The van der Waals surface area contributed by atoms with Crippen LogP contribution in [-0.4, -0.2) is 25.5 Å². The maximum Gasteiger partial charge on any atom is 0.264 e. The molecule has 20 heavy (non-hydrogen) atoms. The number of halogens is 2. The number of sulfonamides is 1. The number of aromatic nitrogens is 2. The van der Waals surface area contributed by atoms with Crippen LogP contribution in [0.25, 0.3) is 0 Å². The van der Waals surface area contributed by atoms with Crippen LogP contribution in [0.2, 0.25) is 5.15 Å². The van der Waals surface area contributed by atoms with Crippen LogP contribution >= 0.6 is 27.5 Å². The number of hydrogen-bond acceptors (Lipinski definition) is 5. The number of ether oxygens (including phenoxy) is 1. The lowest BCUT2D eigenvalue weighted by molar-refractivity contribution is 0.397. The fourth-order valence-electron chi connectivity index (χ4n) is 1.34. The summed E-state index contributed by atoms with van der Waals surface area (Å²) in [6.45, 7) is 0. The number of hydrogen-bond donors (Lipinski definition) is 1. The van der Waals surface area contributed by atoms with Gasteiger partial charge in [-0.2, -0.15) is 4.98 Å². The molecule has 0 aliphatic rings. The lowest BCUT2D eigenvalue weighted by Crippen LogP contribution is -2.15. The Balaban J connectivity index is 2.33. The van der Waals surface area contributed by atoms with Crippen molar-refractivity contribution in [1.29, 1.82) is 0 Å². The summed E-state index contributed by atoms with van der Waals surface area (Å²) < 4.78 is 32.2. The average Bonchev–Trinajstić information content (AvgIpc) is 2.37. The highest BCUT2D eigenvalue weighted by molar-refractivity contribution is 9.10. The van der Waals surface area contributed by atoms with Gasteiger partial charge in [0.15, 0.2) is 0 Å². The monoisotopic (exact) mass is 377 g/mol. The van der Waals surface area contributed by atoms with Gasteiger partial charge in [0.25, 0.3) is 10.0 Å². The minimum absolute atomic E-state index is 0.0744. The van der Waals surface area contributed by atoms with Crippen LogP contribution in [-0.2, 0) is 10.0 Å². The van der Waals surface area contributed by atoms with Crippen LogP contribution in [0, 0.1) is 0 Å². The molecule has 0 amide bonds. The van der Waals surface area contributed by atoms with Gasteiger partial charge in [0.1, 0.15) is 5.15 Å². The van der Waals surface area contributed by atoms with Crippen LogP contribution in [0.3, 0.4) is 0 Å². The van der Waals surface area contributed by atoms with Gasteiger partial charge < -0.3 is 4.74 Å². The van der Waals surface area contributed by atoms with E-state index in [-0.39, 0.29) is 21.9 Å². The van der Waals surface area contributed by atoms with Crippen LogP contribution in [0.4, 0.5) is 5.95 Å². The molecule has 1 aromatic heterocycles. The van der Waals surface area contributed by atoms with Crippen molar-refractivity contribution in [3.8, 4) is 5.88 Å². The Morgan fingerprint density at radius 2 is 1.90 bits per heavy atom. The van der Waals surface area contributed by atoms with Gasteiger partial charge in [-0.05, 0) is 24.3 Å². The molecule has 0 spiro atoms. The largest absolute Gasteiger partial charge is 0.481 e. The topological polar surface area (TPSA) is 81.2 Å². The van der Waals surface area contributed by atoms with Crippen LogP contribution in [0.5, 0.6) is 5.88 Å². The summed E-state index contributed by atoms with van der Waals surface area (Å²) in [5.41, 5.74) is 0. The van der Waals surface area contributed by atoms with E-state index < -0.39 is 10.0 Å². The van der Waals surface area contributed by atoms with Crippen molar-refractivity contribution in [1.82, 2.24) is 9.97 Å². The summed E-state index contributed by atoms with van der Waals surface area (Å²) in [6.07, 6.45) is 0. The number of nitrogens with zero attached hydrogens (tertiary/aromatic N) is 2. The molecule has 0 saturated heterocycles. The van der Waals surface area contributed by atoms with E-state index in [1.807, 2.05) is 0 Å². The highest BCUT2D eigenvalue weighted by Crippen LogP contribution is 2.20. The standard InChI is InChI=1S/C11H9BrClN3O3S/c1-19-10-6-9(13)14-11(15-10)16-20(17,18)8-4-2-7(12)3-5-8/h2-6H,1H3,(H,14,15,16). The Kier molecular flexibility index (Phi) is 4.46. The van der Waals surface area contributed by atoms with E-state index in [0.29, 0.717) is 0 Å². The fourth-order valence-corrected chi connectivity index (χ4v) is 2.72. The van der Waals surface area contributed by atoms with Crippen molar-refractivity contribution in [3.63, 3.8) is 0 Å². The minimum Gasteiger partial charge on any atom is -0.481 e. The van der Waals surface area contributed by atoms with Crippen LogP contribution in [0.15, 0.2) is 39.7 Å². The Bertz CT molecular complexity index is 722. The zero-order chi connectivity index (χ0) is 14.8. The second-order valence-corrected chi connectivity index (χ2v) is 6.60. The Morgan fingerprint density at radius 1 is 1.25 bits per heavy atom. The zero-order valence-corrected chi connectivity index (χ0v) is 13.3. The molecule has 1 N–H and O–H groups in total. The summed E-state index contributed by atoms with van der Waals surface area (Å²) in [7, 11) is -2.39. The number of methoxy groups -OCH3 is 1. The van der Waals surface area contributed by atoms with E-state index in [4.69, 9.17) is 16.3 Å². The molecule has 0 fully saturated rings. The first-order valence-corrected chi connectivity index (χ1v) is 7.93. The van der Waals surface area contributed by atoms with E-state index in [9.17, 15) is 8.42 Å². The molecule has 6 nitrogen and oxygen atoms in total. The number of nitrogens with one attached hydrogen (secondary N) is 1. The van der Waals surface area contributed by atoms with Crippen molar-refractivity contribution in [2.45, 2.75) is 4.90 Å². The smallest absolute Gasteiger partial charge is 0.264 e. The molecule has 0 saturated carbocycles. The summed E-state index contributed by atoms with van der Waals surface area (Å²) >= 11 is 8.99. The quantitative estimate of drug-likeness (QED) is 0.827. The predicted molar refractivity (Wildman–Crippen MR) is 78.5 cm³/mol. The van der Waals surface area contributed by atoms with E-state index in [2.05, 4.69) is 30.6 Å². The Labute approximate surface area is 129 Å². The Morgan fingerprint density at radius 3 is 2.50 bits per heavy atom. The Hall–Kier alpha value is -1.38. The van der Waals surface area contributed by atoms with Crippen molar-refractivity contribution < 1.29 is 13.2 Å². The molecule has 0 bridgehead atoms. The second-order valence-electron chi connectivity index (χ2n) is 3.62. The second kappa shape index (κ2) is 5.94. The lowest BCUT2D eigenvalue weighted by Gasteiger charge is -2.08. The third-order valence-corrected chi connectivity index (χ3v) is 4.30. The zero-order valence-electron chi connectivity index (χ0n) is 10.2. The first-order chi connectivity index (χ1) is 9.40. The highest BCUT2D eigenvalue weighted by Gasteiger charge is 2.16. The van der Waals surface area contributed by atoms with Crippen LogP contribution in [0.1, 0.15) is 0 Å². The van der Waals surface area contributed by atoms with Gasteiger partial charge in [0.05, 0.1) is 12.0 Å². The molecule has 0 unspecified atom stereocenters. The average molecular weight is 379 g/mol. The maximum absolute atomic E-state index is 12.1. The molecule has 1 heterocycles. The molecule has 9 heteroatoms. The molecular formula is C11H9BrClN3O3S. The van der Waals surface area contributed by atoms with E-state index in [1.165, 1.54) is 25.3 Å². The molecule has 1 aromatic carbocycles. The fraction of sp³-hybridized carbons (Fsp3) is 0.0909. The SMILES string of the molecule is COc1cc(Cl)nc(NS(=O)(=O)c2ccc(Br)cc2)n1. The third kappa shape index (κ3) is 3.59. The van der Waals surface area contributed by atoms with Crippen molar-refractivity contribution >= 4 is 43.5 Å². The molecule has 0 aliphatic heterocycles. The van der Waals surface area contributed by atoms with E-state index >= 15 is 0 Å². The van der Waals surface area contributed by atoms with Gasteiger partial charge in [-0.1, -0.05) is 27.5 Å². The summed E-state index contributed by atoms with van der Waals surface area (Å²) in [5, 5.41) is 0.0744. The van der Waals surface area contributed by atoms with E-state index in [1.54, 1.807) is 12.1 Å². The van der Waals surface area contributed by atoms with Crippen molar-refractivity contribution in [2.75, 3.05) is 11.8 Å². The van der Waals surface area contributed by atoms with Gasteiger partial charge >= 0.3 is 0 Å². The summed E-state index contributed by atoms with van der Waals surface area (Å²) in [4.78, 5) is 7.73. The predicted octanol–water partition coefficient (Wildman–Crippen LogP) is 2.70. The molecule has 2 rings (SSSR count). The van der Waals surface area contributed by atoms with E-state index in [0.717, 1.165) is 4.47 Å². The first kappa shape index (κ1) is 15.0. The minimum atomic E-state index is -3.78. The highest BCUT2D eigenvalue weighted by atomic mass is 79.9. The van der Waals surface area contributed by atoms with Crippen LogP contribution < -0.4 is 9.46 Å². The van der Waals surface area contributed by atoms with Gasteiger partial charge in [0.2, 0.25) is 11.8 Å². The molecule has 0 radical (unpaired) electrons. The number of rotatable bonds is 4. The number of benzene rings is 1. The van der Waals surface area contributed by atoms with Crippen molar-refractivity contribution in [3.05, 3.63) is 40.0 Å². The molecule has 106 valence electrons. The number of anilines is 1. The van der Waals surface area contributed by atoms with Gasteiger partial charge in [0, 0.05) is 10.5 Å². The molecule has 0 atom stereocenters. The molecule has 2 aromatic rings. The normalized spacial score (nSPS) is 11.2. The van der Waals surface area contributed by atoms with Gasteiger partial charge in [-0.15, -0.1) is 0 Å². The van der Waals surface area contributed by atoms with Gasteiger partial charge in [-0.25, -0.2) is 18.1 Å². The maximum atomic E-state index is 12.1. The summed E-state index contributed by atoms with van der Waals surface area (Å²) in [5.74, 6) is 0.00998. The first-order valence-electron chi connectivity index (χ1n) is 5.28.